The number of nitrogens with zero attached hydrogens (tertiary/aromatic N) is 1. The van der Waals surface area contributed by atoms with Crippen molar-refractivity contribution in [3.05, 3.63) is 35.1 Å². The maximum Gasteiger partial charge on any atom is 0.241 e. The molecule has 0 saturated carbocycles. The molecule has 2 rings (SSSR count). The molecule has 5 heteroatoms. The minimum Gasteiger partial charge on any atom is -0.366 e. The van der Waals surface area contributed by atoms with Crippen LogP contribution in [0.25, 0.3) is 11.3 Å². The van der Waals surface area contributed by atoms with Gasteiger partial charge in [0.1, 0.15) is 16.5 Å². The summed E-state index contributed by atoms with van der Waals surface area (Å²) in [6.45, 7) is 0. The fraction of sp³-hybridized carbons (Fsp3) is 0. The molecule has 0 spiro atoms. The molecular formula is C9H6ClFN2O. The molecule has 1 aromatic heterocycles. The van der Waals surface area contributed by atoms with Crippen molar-refractivity contribution in [2.24, 2.45) is 0 Å². The van der Waals surface area contributed by atoms with Gasteiger partial charge in [-0.1, -0.05) is 16.8 Å². The molecule has 1 heterocycles. The number of anilines is 1. The van der Waals surface area contributed by atoms with E-state index in [1.165, 1.54) is 12.1 Å². The first kappa shape index (κ1) is 9.02. The number of nitrogen functional groups attached to an aromatic ring is 1. The zero-order chi connectivity index (χ0) is 10.1. The second kappa shape index (κ2) is 3.31. The molecule has 72 valence electrons. The van der Waals surface area contributed by atoms with Gasteiger partial charge < -0.3 is 10.3 Å². The van der Waals surface area contributed by atoms with Crippen LogP contribution in [-0.4, -0.2) is 5.16 Å². The largest absolute Gasteiger partial charge is 0.366 e. The van der Waals surface area contributed by atoms with Crippen LogP contribution < -0.4 is 5.73 Å². The van der Waals surface area contributed by atoms with Crippen LogP contribution in [0.3, 0.4) is 0 Å². The number of benzene rings is 1. The Morgan fingerprint density at radius 3 is 2.43 bits per heavy atom. The molecule has 3 nitrogen and oxygen atoms in total. The Morgan fingerprint density at radius 2 is 1.93 bits per heavy atom. The van der Waals surface area contributed by atoms with Crippen molar-refractivity contribution < 1.29 is 8.91 Å². The lowest BCUT2D eigenvalue weighted by molar-refractivity contribution is 0.439. The summed E-state index contributed by atoms with van der Waals surface area (Å²) in [4.78, 5) is 0. The summed E-state index contributed by atoms with van der Waals surface area (Å²) in [6, 6.07) is 5.74. The van der Waals surface area contributed by atoms with Gasteiger partial charge in [-0.2, -0.15) is 0 Å². The van der Waals surface area contributed by atoms with Crippen molar-refractivity contribution in [2.75, 3.05) is 5.73 Å². The normalized spacial score (nSPS) is 10.4. The second-order valence-electron chi connectivity index (χ2n) is 2.72. The third-order valence-corrected chi connectivity index (χ3v) is 2.14. The average molecular weight is 213 g/mol. The molecule has 0 aliphatic rings. The highest BCUT2D eigenvalue weighted by atomic mass is 35.5. The van der Waals surface area contributed by atoms with Crippen LogP contribution in [0.2, 0.25) is 5.02 Å². The van der Waals surface area contributed by atoms with E-state index in [9.17, 15) is 4.39 Å². The smallest absolute Gasteiger partial charge is 0.241 e. The van der Waals surface area contributed by atoms with Crippen molar-refractivity contribution in [2.45, 2.75) is 0 Å². The van der Waals surface area contributed by atoms with Crippen LogP contribution in [0.15, 0.2) is 28.8 Å². The maximum absolute atomic E-state index is 12.6. The van der Waals surface area contributed by atoms with Crippen LogP contribution in [0.5, 0.6) is 0 Å². The number of hydrogen-bond donors (Lipinski definition) is 1. The van der Waals surface area contributed by atoms with Crippen molar-refractivity contribution in [1.29, 1.82) is 0 Å². The van der Waals surface area contributed by atoms with Crippen LogP contribution in [0.1, 0.15) is 0 Å². The fourth-order valence-electron chi connectivity index (χ4n) is 1.08. The van der Waals surface area contributed by atoms with E-state index in [-0.39, 0.29) is 16.7 Å². The van der Waals surface area contributed by atoms with Crippen LogP contribution in [-0.2, 0) is 0 Å². The van der Waals surface area contributed by atoms with Gasteiger partial charge in [0, 0.05) is 5.56 Å². The van der Waals surface area contributed by atoms with Gasteiger partial charge in [-0.25, -0.2) is 4.39 Å². The Hall–Kier alpha value is -1.55. The van der Waals surface area contributed by atoms with E-state index in [4.69, 9.17) is 17.3 Å². The molecule has 2 N–H and O–H groups in total. The zero-order valence-corrected chi connectivity index (χ0v) is 7.75. The van der Waals surface area contributed by atoms with Crippen molar-refractivity contribution in [3.8, 4) is 11.3 Å². The lowest BCUT2D eigenvalue weighted by Gasteiger charge is -1.95. The zero-order valence-electron chi connectivity index (χ0n) is 7.00. The molecule has 1 aromatic carbocycles. The predicted molar refractivity (Wildman–Crippen MR) is 51.3 cm³/mol. The van der Waals surface area contributed by atoms with Gasteiger partial charge in [-0.05, 0) is 24.3 Å². The van der Waals surface area contributed by atoms with E-state index in [1.54, 1.807) is 12.1 Å². The first-order valence-corrected chi connectivity index (χ1v) is 4.23. The molecule has 0 atom stereocenters. The van der Waals surface area contributed by atoms with Gasteiger partial charge in [0.05, 0.1) is 0 Å². The van der Waals surface area contributed by atoms with Gasteiger partial charge >= 0.3 is 0 Å². The first-order chi connectivity index (χ1) is 6.68. The lowest BCUT2D eigenvalue weighted by Crippen LogP contribution is -1.81. The Kier molecular flexibility index (Phi) is 2.13. The predicted octanol–water partition coefficient (Wildman–Crippen LogP) is 2.72. The topological polar surface area (TPSA) is 52.0 Å². The van der Waals surface area contributed by atoms with Crippen LogP contribution in [0, 0.1) is 5.82 Å². The molecule has 2 aromatic rings. The first-order valence-electron chi connectivity index (χ1n) is 3.85. The molecule has 0 fully saturated rings. The lowest BCUT2D eigenvalue weighted by atomic mass is 10.1. The standard InChI is InChI=1S/C9H6ClFN2O/c10-7-8(13-14-9(7)12)5-1-3-6(11)4-2-5/h1-4H,12H2. The van der Waals surface area contributed by atoms with Gasteiger partial charge in [0.2, 0.25) is 5.88 Å². The van der Waals surface area contributed by atoms with Gasteiger partial charge in [-0.15, -0.1) is 0 Å². The van der Waals surface area contributed by atoms with Crippen molar-refractivity contribution >= 4 is 17.5 Å². The highest BCUT2D eigenvalue weighted by molar-refractivity contribution is 6.35. The molecule has 0 unspecified atom stereocenters. The molecule has 0 saturated heterocycles. The van der Waals surface area contributed by atoms with Gasteiger partial charge in [0.15, 0.2) is 0 Å². The summed E-state index contributed by atoms with van der Waals surface area (Å²) in [6.07, 6.45) is 0. The molecular weight excluding hydrogens is 207 g/mol. The summed E-state index contributed by atoms with van der Waals surface area (Å²) in [5.74, 6) is -0.257. The summed E-state index contributed by atoms with van der Waals surface area (Å²) in [7, 11) is 0. The highest BCUT2D eigenvalue weighted by Gasteiger charge is 2.12. The average Bonchev–Trinajstić information content (AvgIpc) is 2.50. The van der Waals surface area contributed by atoms with E-state index >= 15 is 0 Å². The molecule has 0 bridgehead atoms. The van der Waals surface area contributed by atoms with E-state index < -0.39 is 0 Å². The maximum atomic E-state index is 12.6. The van der Waals surface area contributed by atoms with Crippen LogP contribution >= 0.6 is 11.6 Å². The third-order valence-electron chi connectivity index (χ3n) is 1.78. The Bertz CT molecular complexity index is 452. The number of hydrogen-bond acceptors (Lipinski definition) is 3. The summed E-state index contributed by atoms with van der Waals surface area (Å²) in [5.41, 5.74) is 6.46. The van der Waals surface area contributed by atoms with Gasteiger partial charge in [0.25, 0.3) is 0 Å². The number of nitrogens with two attached hydrogens (primary N) is 1. The van der Waals surface area contributed by atoms with E-state index in [0.717, 1.165) is 0 Å². The summed E-state index contributed by atoms with van der Waals surface area (Å²) >= 11 is 5.81. The fourth-order valence-corrected chi connectivity index (χ4v) is 1.26. The second-order valence-corrected chi connectivity index (χ2v) is 3.09. The number of halogens is 2. The van der Waals surface area contributed by atoms with E-state index in [2.05, 4.69) is 9.68 Å². The summed E-state index contributed by atoms with van der Waals surface area (Å²) < 4.78 is 17.3. The minimum atomic E-state index is -0.318. The Morgan fingerprint density at radius 1 is 1.29 bits per heavy atom. The monoisotopic (exact) mass is 212 g/mol. The summed E-state index contributed by atoms with van der Waals surface area (Å²) in [5, 5.41) is 3.91. The van der Waals surface area contributed by atoms with E-state index in [1.807, 2.05) is 0 Å². The molecule has 0 amide bonds. The highest BCUT2D eigenvalue weighted by Crippen LogP contribution is 2.31. The Labute approximate surface area is 84.3 Å². The SMILES string of the molecule is Nc1onc(-c2ccc(F)cc2)c1Cl. The molecule has 0 aliphatic carbocycles. The molecule has 0 aliphatic heterocycles. The van der Waals surface area contributed by atoms with E-state index in [0.29, 0.717) is 11.3 Å². The minimum absolute atomic E-state index is 0.0611. The quantitative estimate of drug-likeness (QED) is 0.791. The van der Waals surface area contributed by atoms with Gasteiger partial charge in [-0.3, -0.25) is 0 Å². The molecule has 0 radical (unpaired) electrons. The molecule has 14 heavy (non-hydrogen) atoms. The van der Waals surface area contributed by atoms with Crippen molar-refractivity contribution in [3.63, 3.8) is 0 Å². The van der Waals surface area contributed by atoms with Crippen LogP contribution in [0.4, 0.5) is 10.3 Å². The number of rotatable bonds is 1. The Balaban J connectivity index is 2.49. The van der Waals surface area contributed by atoms with Crippen molar-refractivity contribution in [1.82, 2.24) is 5.16 Å². The third kappa shape index (κ3) is 1.44. The number of aromatic nitrogens is 1.